The van der Waals surface area contributed by atoms with Crippen molar-refractivity contribution in [2.24, 2.45) is 5.92 Å². The van der Waals surface area contributed by atoms with E-state index in [0.29, 0.717) is 0 Å². The van der Waals surface area contributed by atoms with Gasteiger partial charge in [0.1, 0.15) is 0 Å². The van der Waals surface area contributed by atoms with E-state index in [-0.39, 0.29) is 0 Å². The summed E-state index contributed by atoms with van der Waals surface area (Å²) in [7, 11) is 0. The van der Waals surface area contributed by atoms with E-state index in [1.165, 1.54) is 103 Å². The van der Waals surface area contributed by atoms with Crippen LogP contribution in [0.25, 0.3) is 0 Å². The SMILES string of the molecule is CCCCCCCCCCCC[C@H](C)CCCCCC. The van der Waals surface area contributed by atoms with E-state index in [1.54, 1.807) is 0 Å². The van der Waals surface area contributed by atoms with Crippen LogP contribution in [0.2, 0.25) is 0 Å². The molecule has 0 aromatic rings. The number of unbranched alkanes of at least 4 members (excludes halogenated alkanes) is 12. The lowest BCUT2D eigenvalue weighted by atomic mass is 9.96. The predicted molar refractivity (Wildman–Crippen MR) is 94.4 cm³/mol. The fraction of sp³-hybridized carbons (Fsp3) is 1.00. The van der Waals surface area contributed by atoms with Crippen LogP contribution in [0.1, 0.15) is 124 Å². The highest BCUT2D eigenvalue weighted by molar-refractivity contribution is 4.55. The third kappa shape index (κ3) is 16.1. The molecular weight excluding hydrogens is 240 g/mol. The molecule has 0 aliphatic heterocycles. The second-order valence-electron chi connectivity index (χ2n) is 6.93. The number of hydrogen-bond acceptors (Lipinski definition) is 0. The molecule has 0 fully saturated rings. The molecule has 0 N–H and O–H groups in total. The van der Waals surface area contributed by atoms with Gasteiger partial charge in [-0.2, -0.15) is 0 Å². The van der Waals surface area contributed by atoms with E-state index < -0.39 is 0 Å². The molecule has 0 nitrogen and oxygen atoms in total. The highest BCUT2D eigenvalue weighted by Gasteiger charge is 2.01. The van der Waals surface area contributed by atoms with Crippen LogP contribution in [-0.4, -0.2) is 0 Å². The molecule has 0 aromatic heterocycles. The maximum absolute atomic E-state index is 2.46. The smallest absolute Gasteiger partial charge is 0.0443 e. The van der Waals surface area contributed by atoms with Crippen LogP contribution in [0, 0.1) is 5.92 Å². The first-order valence-electron chi connectivity index (χ1n) is 9.81. The minimum Gasteiger partial charge on any atom is -0.0654 e. The molecule has 0 saturated heterocycles. The fourth-order valence-electron chi connectivity index (χ4n) is 3.04. The Balaban J connectivity index is 3.07. The minimum absolute atomic E-state index is 0.973. The van der Waals surface area contributed by atoms with Crippen LogP contribution in [0.15, 0.2) is 0 Å². The second-order valence-corrected chi connectivity index (χ2v) is 6.93. The van der Waals surface area contributed by atoms with Gasteiger partial charge in [-0.15, -0.1) is 0 Å². The van der Waals surface area contributed by atoms with Crippen LogP contribution in [-0.2, 0) is 0 Å². The van der Waals surface area contributed by atoms with Gasteiger partial charge < -0.3 is 0 Å². The number of rotatable bonds is 16. The van der Waals surface area contributed by atoms with Gasteiger partial charge in [-0.05, 0) is 5.92 Å². The maximum atomic E-state index is 2.46. The predicted octanol–water partition coefficient (Wildman–Crippen LogP) is 7.90. The van der Waals surface area contributed by atoms with E-state index in [4.69, 9.17) is 0 Å². The average Bonchev–Trinajstić information content (AvgIpc) is 2.45. The topological polar surface area (TPSA) is 0 Å². The molecule has 0 unspecified atom stereocenters. The molecule has 0 heterocycles. The fourth-order valence-corrected chi connectivity index (χ4v) is 3.04. The van der Waals surface area contributed by atoms with Crippen LogP contribution >= 0.6 is 0 Å². The highest BCUT2D eigenvalue weighted by Crippen LogP contribution is 2.18. The summed E-state index contributed by atoms with van der Waals surface area (Å²) < 4.78 is 0. The van der Waals surface area contributed by atoms with Crippen molar-refractivity contribution in [2.45, 2.75) is 124 Å². The van der Waals surface area contributed by atoms with E-state index in [1.807, 2.05) is 0 Å². The Morgan fingerprint density at radius 3 is 1.15 bits per heavy atom. The molecule has 0 saturated carbocycles. The van der Waals surface area contributed by atoms with Crippen LogP contribution in [0.3, 0.4) is 0 Å². The molecule has 0 amide bonds. The van der Waals surface area contributed by atoms with Crippen molar-refractivity contribution in [1.82, 2.24) is 0 Å². The lowest BCUT2D eigenvalue weighted by molar-refractivity contribution is 0.433. The van der Waals surface area contributed by atoms with Crippen molar-refractivity contribution in [3.63, 3.8) is 0 Å². The summed E-state index contributed by atoms with van der Waals surface area (Å²) in [5, 5.41) is 0. The summed E-state index contributed by atoms with van der Waals surface area (Å²) in [5.74, 6) is 0.973. The van der Waals surface area contributed by atoms with E-state index >= 15 is 0 Å². The average molecular weight is 283 g/mol. The van der Waals surface area contributed by atoms with E-state index in [2.05, 4.69) is 20.8 Å². The van der Waals surface area contributed by atoms with E-state index in [0.717, 1.165) is 5.92 Å². The largest absolute Gasteiger partial charge is 0.0654 e. The Hall–Kier alpha value is 0. The molecule has 20 heavy (non-hydrogen) atoms. The monoisotopic (exact) mass is 282 g/mol. The van der Waals surface area contributed by atoms with Gasteiger partial charge in [0, 0.05) is 0 Å². The summed E-state index contributed by atoms with van der Waals surface area (Å²) in [6.45, 7) is 7.05. The Kier molecular flexibility index (Phi) is 17.1. The first-order chi connectivity index (χ1) is 9.81. The molecule has 0 bridgehead atoms. The molecule has 0 radical (unpaired) electrons. The molecule has 0 spiro atoms. The maximum Gasteiger partial charge on any atom is -0.0443 e. The Morgan fingerprint density at radius 1 is 0.450 bits per heavy atom. The second kappa shape index (κ2) is 17.1. The van der Waals surface area contributed by atoms with Gasteiger partial charge in [0.25, 0.3) is 0 Å². The van der Waals surface area contributed by atoms with Gasteiger partial charge in [0.2, 0.25) is 0 Å². The molecule has 0 rings (SSSR count). The molecule has 0 aliphatic carbocycles. The highest BCUT2D eigenvalue weighted by atomic mass is 14.1. The van der Waals surface area contributed by atoms with Crippen molar-refractivity contribution in [2.75, 3.05) is 0 Å². The third-order valence-corrected chi connectivity index (χ3v) is 4.60. The Labute approximate surface area is 130 Å². The Bertz CT molecular complexity index is 161. The zero-order chi connectivity index (χ0) is 14.9. The summed E-state index contributed by atoms with van der Waals surface area (Å²) in [5.41, 5.74) is 0. The summed E-state index contributed by atoms with van der Waals surface area (Å²) in [6, 6.07) is 0. The third-order valence-electron chi connectivity index (χ3n) is 4.60. The van der Waals surface area contributed by atoms with Crippen LogP contribution in [0.5, 0.6) is 0 Å². The van der Waals surface area contributed by atoms with Crippen LogP contribution in [0.4, 0.5) is 0 Å². The lowest BCUT2D eigenvalue weighted by Gasteiger charge is -2.10. The van der Waals surface area contributed by atoms with Gasteiger partial charge >= 0.3 is 0 Å². The van der Waals surface area contributed by atoms with Gasteiger partial charge in [0.15, 0.2) is 0 Å². The summed E-state index contributed by atoms with van der Waals surface area (Å²) in [4.78, 5) is 0. The molecule has 0 aromatic carbocycles. The standard InChI is InChI=1S/C20H42/c1-4-6-8-10-11-12-13-14-15-17-19-20(3)18-16-9-7-5-2/h20H,4-19H2,1-3H3/t20-/m1/s1. The molecular formula is C20H42. The molecule has 1 atom stereocenters. The normalized spacial score (nSPS) is 12.8. The van der Waals surface area contributed by atoms with Gasteiger partial charge in [-0.3, -0.25) is 0 Å². The zero-order valence-electron chi connectivity index (χ0n) is 14.9. The first kappa shape index (κ1) is 20.0. The quantitative estimate of drug-likeness (QED) is 0.252. The lowest BCUT2D eigenvalue weighted by Crippen LogP contribution is -1.95. The Morgan fingerprint density at radius 2 is 0.750 bits per heavy atom. The van der Waals surface area contributed by atoms with Gasteiger partial charge in [-0.25, -0.2) is 0 Å². The van der Waals surface area contributed by atoms with Crippen molar-refractivity contribution < 1.29 is 0 Å². The van der Waals surface area contributed by atoms with Crippen molar-refractivity contribution in [1.29, 1.82) is 0 Å². The van der Waals surface area contributed by atoms with Crippen molar-refractivity contribution >= 4 is 0 Å². The van der Waals surface area contributed by atoms with Gasteiger partial charge in [0.05, 0.1) is 0 Å². The van der Waals surface area contributed by atoms with Crippen molar-refractivity contribution in [3.05, 3.63) is 0 Å². The summed E-state index contributed by atoms with van der Waals surface area (Å²) >= 11 is 0. The van der Waals surface area contributed by atoms with Gasteiger partial charge in [-0.1, -0.05) is 124 Å². The van der Waals surface area contributed by atoms with Crippen LogP contribution < -0.4 is 0 Å². The first-order valence-corrected chi connectivity index (χ1v) is 9.81. The van der Waals surface area contributed by atoms with Crippen molar-refractivity contribution in [3.8, 4) is 0 Å². The zero-order valence-corrected chi connectivity index (χ0v) is 14.9. The summed E-state index contributed by atoms with van der Waals surface area (Å²) in [6.07, 6.45) is 23.3. The molecule has 0 aliphatic rings. The van der Waals surface area contributed by atoms with E-state index in [9.17, 15) is 0 Å². The minimum atomic E-state index is 0.973. The molecule has 122 valence electrons. The number of hydrogen-bond donors (Lipinski definition) is 0. The molecule has 0 heteroatoms.